The predicted octanol–water partition coefficient (Wildman–Crippen LogP) is 4.09. The molecule has 1 aromatic carbocycles. The van der Waals surface area contributed by atoms with Crippen LogP contribution in [-0.4, -0.2) is 92.9 Å². The molecule has 5 aliphatic rings. The minimum Gasteiger partial charge on any atom is -0.455 e. The van der Waals surface area contributed by atoms with Gasteiger partial charge in [-0.2, -0.15) is 0 Å². The van der Waals surface area contributed by atoms with Gasteiger partial charge in [-0.25, -0.2) is 4.79 Å². The largest absolute Gasteiger partial charge is 0.455 e. The molecule has 12 heteroatoms. The van der Waals surface area contributed by atoms with Crippen LogP contribution in [0.3, 0.4) is 0 Å². The molecular weight excluding hydrogens is 625 g/mol. The topological polar surface area (TPSA) is 138 Å². The van der Waals surface area contributed by atoms with E-state index in [4.69, 9.17) is 23.1 Å². The van der Waals surface area contributed by atoms with E-state index in [-0.39, 0.29) is 30.8 Å². The Bertz CT molecular complexity index is 1490. The number of rotatable bonds is 3. The van der Waals surface area contributed by atoms with Crippen LogP contribution in [0.2, 0.25) is 31.9 Å². The molecule has 0 spiro atoms. The van der Waals surface area contributed by atoms with Crippen LogP contribution in [0.15, 0.2) is 41.5 Å². The number of benzene rings is 1. The molecule has 0 radical (unpaired) electrons. The van der Waals surface area contributed by atoms with Gasteiger partial charge in [0.15, 0.2) is 28.0 Å². The van der Waals surface area contributed by atoms with E-state index in [1.165, 1.54) is 6.92 Å². The molecule has 46 heavy (non-hydrogen) atoms. The molecule has 252 valence electrons. The molecule has 6 rings (SSSR count). The molecule has 1 unspecified atom stereocenters. The van der Waals surface area contributed by atoms with Gasteiger partial charge in [0.2, 0.25) is 0 Å². The van der Waals surface area contributed by atoms with E-state index in [1.807, 2.05) is 13.8 Å². The normalized spacial score (nSPS) is 42.1. The number of esters is 2. The van der Waals surface area contributed by atoms with Crippen molar-refractivity contribution < 1.29 is 47.7 Å². The Morgan fingerprint density at radius 1 is 1.00 bits per heavy atom. The lowest BCUT2D eigenvalue weighted by atomic mass is 9.44. The number of fused-ring (bicyclic) bond motifs is 6. The van der Waals surface area contributed by atoms with Gasteiger partial charge in [-0.05, 0) is 69.0 Å². The first-order valence-electron chi connectivity index (χ1n) is 16.3. The summed E-state index contributed by atoms with van der Waals surface area (Å²) in [6.45, 7) is 16.9. The van der Waals surface area contributed by atoms with E-state index in [9.17, 15) is 19.8 Å². The number of hydrogen-bond acceptors (Lipinski definition) is 10. The Morgan fingerprint density at radius 3 is 2.22 bits per heavy atom. The Morgan fingerprint density at radius 2 is 1.63 bits per heavy atom. The summed E-state index contributed by atoms with van der Waals surface area (Å²) in [5.41, 5.74) is -4.00. The molecular formula is C34H48O10Si2. The third-order valence-corrected chi connectivity index (χ3v) is 20.2. The van der Waals surface area contributed by atoms with Gasteiger partial charge in [0.25, 0.3) is 0 Å². The predicted molar refractivity (Wildman–Crippen MR) is 173 cm³/mol. The fourth-order valence-corrected chi connectivity index (χ4v) is 20.5. The molecule has 0 aromatic heterocycles. The number of aliphatic hydroxyl groups excluding tert-OH is 1. The molecule has 2 saturated carbocycles. The van der Waals surface area contributed by atoms with Gasteiger partial charge in [-0.3, -0.25) is 9.59 Å². The molecule has 3 aliphatic carbocycles. The van der Waals surface area contributed by atoms with Crippen molar-refractivity contribution >= 4 is 34.4 Å². The SMILES string of the molecule is CC(=O)O[C@@]12CO[C@@H]1C[C@@H]1O[Si](C)(C)C[Si](C)(C)O[C@H]3C(=O)[C@@]1(C)C2[C@H](OC(=O)c1ccccc1)[C@]1(O)C[C@H](O)C(C)=C3C1(C)C. The lowest BCUT2D eigenvalue weighted by Crippen LogP contribution is -2.82. The van der Waals surface area contributed by atoms with Gasteiger partial charge in [0.05, 0.1) is 35.7 Å². The van der Waals surface area contributed by atoms with Crippen molar-refractivity contribution in [2.45, 2.75) is 121 Å². The lowest BCUT2D eigenvalue weighted by Gasteiger charge is -2.68. The monoisotopic (exact) mass is 672 g/mol. The molecule has 2 heterocycles. The molecule has 9 atom stereocenters. The molecule has 4 bridgehead atoms. The summed E-state index contributed by atoms with van der Waals surface area (Å²) in [5.74, 6) is -2.67. The standard InChI is InChI=1S/C34H48O10Si2/c1-19-22(36)16-34(39)29(41-30(38)21-13-11-10-12-14-21)27-32(5)23(15-24-33(27,17-40-24)42-20(2)35)43-45(6,7)18-46(8,9)44-26(28(32)37)25(19)31(34,3)4/h10-14,22-24,26-27,29,36,39H,15-18H2,1-9H3/t22-,23-,24+,26+,27?,29-,32+,33-,34+/m0/s1. The fourth-order valence-electron chi connectivity index (χ4n) is 9.70. The van der Waals surface area contributed by atoms with E-state index < -0.39 is 87.0 Å². The van der Waals surface area contributed by atoms with Gasteiger partial charge in [-0.1, -0.05) is 32.0 Å². The summed E-state index contributed by atoms with van der Waals surface area (Å²) in [6, 6.07) is 8.45. The van der Waals surface area contributed by atoms with Gasteiger partial charge in [0.1, 0.15) is 23.9 Å². The lowest BCUT2D eigenvalue weighted by molar-refractivity contribution is -0.344. The number of hydrogen-bond donors (Lipinski definition) is 2. The van der Waals surface area contributed by atoms with Crippen molar-refractivity contribution in [2.75, 3.05) is 6.61 Å². The van der Waals surface area contributed by atoms with Crippen LogP contribution in [-0.2, 0) is 32.7 Å². The number of Topliss-reactive ketones (excluding diaryl/α,β-unsaturated/α-hetero) is 1. The number of ketones is 1. The summed E-state index contributed by atoms with van der Waals surface area (Å²) in [6.07, 6.45) is -4.94. The molecule has 10 nitrogen and oxygen atoms in total. The second-order valence-electron chi connectivity index (χ2n) is 16.1. The number of aliphatic hydroxyl groups is 2. The second-order valence-corrected chi connectivity index (χ2v) is 25.0. The highest BCUT2D eigenvalue weighted by molar-refractivity contribution is 6.89. The smallest absolute Gasteiger partial charge is 0.338 e. The molecule has 1 aromatic rings. The van der Waals surface area contributed by atoms with E-state index in [0.29, 0.717) is 16.8 Å². The highest BCUT2D eigenvalue weighted by Gasteiger charge is 2.78. The Hall–Kier alpha value is -2.20. The Labute approximate surface area is 273 Å². The van der Waals surface area contributed by atoms with Crippen LogP contribution < -0.4 is 0 Å². The minimum atomic E-state index is -2.61. The highest BCUT2D eigenvalue weighted by atomic mass is 28.4. The first-order valence-corrected chi connectivity index (χ1v) is 22.5. The first kappa shape index (κ1) is 33.7. The molecule has 4 fully saturated rings. The zero-order valence-corrected chi connectivity index (χ0v) is 30.3. The van der Waals surface area contributed by atoms with Crippen LogP contribution in [0.25, 0.3) is 0 Å². The molecule has 2 N–H and O–H groups in total. The van der Waals surface area contributed by atoms with E-state index >= 15 is 4.79 Å². The first-order chi connectivity index (χ1) is 21.2. The zero-order chi connectivity index (χ0) is 33.8. The fraction of sp³-hybridized carbons (Fsp3) is 0.676. The highest BCUT2D eigenvalue weighted by Crippen LogP contribution is 2.65. The maximum Gasteiger partial charge on any atom is 0.338 e. The van der Waals surface area contributed by atoms with Crippen molar-refractivity contribution in [1.29, 1.82) is 0 Å². The van der Waals surface area contributed by atoms with Crippen molar-refractivity contribution in [3.05, 3.63) is 47.0 Å². The van der Waals surface area contributed by atoms with Crippen LogP contribution in [0, 0.1) is 16.7 Å². The average molecular weight is 673 g/mol. The summed E-state index contributed by atoms with van der Waals surface area (Å²) in [7, 11) is -5.12. The van der Waals surface area contributed by atoms with Gasteiger partial charge in [0, 0.05) is 25.2 Å². The minimum absolute atomic E-state index is 0.0513. The third kappa shape index (κ3) is 4.77. The number of carbonyl (C=O) groups is 3. The number of carbonyl (C=O) groups excluding carboxylic acids is 3. The maximum atomic E-state index is 15.6. The Kier molecular flexibility index (Phi) is 7.80. The summed E-state index contributed by atoms with van der Waals surface area (Å²) in [5, 5.41) is 24.9. The number of ether oxygens (including phenoxy) is 3. The van der Waals surface area contributed by atoms with Gasteiger partial charge in [-0.15, -0.1) is 0 Å². The molecule has 0 amide bonds. The van der Waals surface area contributed by atoms with Crippen LogP contribution in [0.5, 0.6) is 0 Å². The maximum absolute atomic E-state index is 15.6. The molecule has 2 aliphatic heterocycles. The summed E-state index contributed by atoms with van der Waals surface area (Å²) in [4.78, 5) is 42.5. The van der Waals surface area contributed by atoms with Crippen molar-refractivity contribution in [2.24, 2.45) is 16.7 Å². The zero-order valence-electron chi connectivity index (χ0n) is 28.3. The van der Waals surface area contributed by atoms with E-state index in [2.05, 4.69) is 26.2 Å². The van der Waals surface area contributed by atoms with Crippen molar-refractivity contribution in [3.8, 4) is 0 Å². The van der Waals surface area contributed by atoms with Crippen LogP contribution in [0.1, 0.15) is 57.8 Å². The van der Waals surface area contributed by atoms with Crippen LogP contribution >= 0.6 is 0 Å². The van der Waals surface area contributed by atoms with E-state index in [1.54, 1.807) is 44.2 Å². The van der Waals surface area contributed by atoms with Gasteiger partial charge >= 0.3 is 11.9 Å². The third-order valence-electron chi connectivity index (χ3n) is 11.6. The molecule has 2 saturated heterocycles. The summed E-state index contributed by atoms with van der Waals surface area (Å²) >= 11 is 0. The quantitative estimate of drug-likeness (QED) is 0.274. The van der Waals surface area contributed by atoms with Crippen molar-refractivity contribution in [1.82, 2.24) is 0 Å². The van der Waals surface area contributed by atoms with Gasteiger partial charge < -0.3 is 33.3 Å². The van der Waals surface area contributed by atoms with Crippen LogP contribution in [0.4, 0.5) is 0 Å². The summed E-state index contributed by atoms with van der Waals surface area (Å²) < 4.78 is 32.9. The second kappa shape index (κ2) is 10.7. The average Bonchev–Trinajstić information content (AvgIpc) is 2.95. The Balaban J connectivity index is 1.70. The van der Waals surface area contributed by atoms with Crippen molar-refractivity contribution in [3.63, 3.8) is 0 Å². The van der Waals surface area contributed by atoms with E-state index in [0.717, 1.165) is 0 Å².